The molecule has 0 unspecified atom stereocenters. The van der Waals surface area contributed by atoms with Crippen LogP contribution in [0.5, 0.6) is 6.01 Å². The first-order chi connectivity index (χ1) is 8.81. The molecule has 0 atom stereocenters. The zero-order valence-electron chi connectivity index (χ0n) is 10.3. The summed E-state index contributed by atoms with van der Waals surface area (Å²) in [6.45, 7) is 0.873. The van der Waals surface area contributed by atoms with Gasteiger partial charge in [-0.1, -0.05) is 0 Å². The zero-order valence-corrected chi connectivity index (χ0v) is 11.2. The second-order valence-electron chi connectivity index (χ2n) is 4.05. The molecule has 0 radical (unpaired) electrons. The van der Waals surface area contributed by atoms with Crippen molar-refractivity contribution in [1.29, 1.82) is 0 Å². The van der Waals surface area contributed by atoms with Gasteiger partial charge in [-0.15, -0.1) is 0 Å². The number of hydrogen-bond acceptors (Lipinski definition) is 8. The number of methoxy groups -OCH3 is 1. The number of rotatable bonds is 5. The first-order valence-electron chi connectivity index (χ1n) is 5.90. The summed E-state index contributed by atoms with van der Waals surface area (Å²) in [5, 5.41) is 3.22. The minimum atomic E-state index is 0.250. The van der Waals surface area contributed by atoms with Gasteiger partial charge < -0.3 is 10.1 Å². The Bertz CT molecular complexity index is 362. The summed E-state index contributed by atoms with van der Waals surface area (Å²) >= 11 is 2.02. The SMILES string of the molecule is COc1nc(NN)nc(NCC2CCSCC2)n1. The van der Waals surface area contributed by atoms with Gasteiger partial charge in [0.05, 0.1) is 7.11 Å². The molecule has 4 N–H and O–H groups in total. The summed E-state index contributed by atoms with van der Waals surface area (Å²) in [4.78, 5) is 12.2. The third-order valence-corrected chi connectivity index (χ3v) is 3.87. The summed E-state index contributed by atoms with van der Waals surface area (Å²) in [6.07, 6.45) is 2.48. The lowest BCUT2D eigenvalue weighted by molar-refractivity contribution is 0.379. The van der Waals surface area contributed by atoms with Crippen molar-refractivity contribution in [3.8, 4) is 6.01 Å². The number of hydrazine groups is 1. The molecule has 0 bridgehead atoms. The van der Waals surface area contributed by atoms with E-state index in [2.05, 4.69) is 25.7 Å². The molecule has 100 valence electrons. The molecular formula is C10H18N6OS. The first-order valence-corrected chi connectivity index (χ1v) is 7.05. The van der Waals surface area contributed by atoms with Gasteiger partial charge in [-0.05, 0) is 30.3 Å². The fourth-order valence-corrected chi connectivity index (χ4v) is 2.98. The van der Waals surface area contributed by atoms with Crippen molar-refractivity contribution in [1.82, 2.24) is 15.0 Å². The number of ether oxygens (including phenoxy) is 1. The van der Waals surface area contributed by atoms with Crippen molar-refractivity contribution >= 4 is 23.7 Å². The number of hydrogen-bond donors (Lipinski definition) is 3. The molecule has 0 saturated carbocycles. The van der Waals surface area contributed by atoms with E-state index < -0.39 is 0 Å². The lowest BCUT2D eigenvalue weighted by Crippen LogP contribution is -2.21. The van der Waals surface area contributed by atoms with Crippen LogP contribution < -0.4 is 21.3 Å². The molecule has 1 aromatic heterocycles. The summed E-state index contributed by atoms with van der Waals surface area (Å²) in [7, 11) is 1.51. The molecule has 0 aliphatic carbocycles. The summed E-state index contributed by atoms with van der Waals surface area (Å²) < 4.78 is 4.99. The predicted molar refractivity (Wildman–Crippen MR) is 72.7 cm³/mol. The number of anilines is 2. The standard InChI is InChI=1S/C10H18N6OS/c1-17-10-14-8(13-9(15-10)16-11)12-6-7-2-4-18-5-3-7/h7H,2-6,11H2,1H3,(H2,12,13,14,15,16). The van der Waals surface area contributed by atoms with Crippen LogP contribution >= 0.6 is 11.8 Å². The Labute approximate surface area is 110 Å². The Morgan fingerprint density at radius 3 is 2.67 bits per heavy atom. The number of nitrogen functional groups attached to an aromatic ring is 1. The van der Waals surface area contributed by atoms with Crippen LogP contribution in [0.1, 0.15) is 12.8 Å². The third-order valence-electron chi connectivity index (χ3n) is 2.82. The molecule has 18 heavy (non-hydrogen) atoms. The number of nitrogens with zero attached hydrogens (tertiary/aromatic N) is 3. The molecule has 8 heteroatoms. The van der Waals surface area contributed by atoms with E-state index in [1.165, 1.54) is 31.5 Å². The van der Waals surface area contributed by atoms with E-state index in [4.69, 9.17) is 10.6 Å². The van der Waals surface area contributed by atoms with E-state index in [0.717, 1.165) is 6.54 Å². The summed E-state index contributed by atoms with van der Waals surface area (Å²) in [6, 6.07) is 0.250. The molecule has 1 aliphatic rings. The van der Waals surface area contributed by atoms with Gasteiger partial charge in [0.25, 0.3) is 0 Å². The second kappa shape index (κ2) is 6.60. The topological polar surface area (TPSA) is 98.0 Å². The van der Waals surface area contributed by atoms with Gasteiger partial charge in [-0.25, -0.2) is 5.84 Å². The zero-order chi connectivity index (χ0) is 12.8. The van der Waals surface area contributed by atoms with Gasteiger partial charge in [-0.3, -0.25) is 5.43 Å². The lowest BCUT2D eigenvalue weighted by Gasteiger charge is -2.21. The fourth-order valence-electron chi connectivity index (χ4n) is 1.78. The van der Waals surface area contributed by atoms with E-state index in [-0.39, 0.29) is 6.01 Å². The number of nitrogens with one attached hydrogen (secondary N) is 2. The largest absolute Gasteiger partial charge is 0.467 e. The maximum Gasteiger partial charge on any atom is 0.322 e. The second-order valence-corrected chi connectivity index (χ2v) is 5.28. The molecule has 7 nitrogen and oxygen atoms in total. The van der Waals surface area contributed by atoms with Crippen molar-refractivity contribution in [3.63, 3.8) is 0 Å². The van der Waals surface area contributed by atoms with Gasteiger partial charge in [-0.2, -0.15) is 26.7 Å². The van der Waals surface area contributed by atoms with Crippen LogP contribution in [0, 0.1) is 5.92 Å². The van der Waals surface area contributed by atoms with Gasteiger partial charge >= 0.3 is 6.01 Å². The predicted octanol–water partition coefficient (Wildman–Crippen LogP) is 0.721. The van der Waals surface area contributed by atoms with Crippen molar-refractivity contribution in [2.24, 2.45) is 11.8 Å². The van der Waals surface area contributed by atoms with Crippen LogP contribution in [0.4, 0.5) is 11.9 Å². The molecule has 0 amide bonds. The molecule has 2 rings (SSSR count). The van der Waals surface area contributed by atoms with Gasteiger partial charge in [0.1, 0.15) is 0 Å². The van der Waals surface area contributed by atoms with Crippen LogP contribution in [0.3, 0.4) is 0 Å². The van der Waals surface area contributed by atoms with Crippen LogP contribution in [-0.4, -0.2) is 40.1 Å². The average molecular weight is 270 g/mol. The molecule has 1 saturated heterocycles. The highest BCUT2D eigenvalue weighted by Gasteiger charge is 2.14. The molecule has 0 spiro atoms. The van der Waals surface area contributed by atoms with Crippen molar-refractivity contribution in [2.45, 2.75) is 12.8 Å². The molecule has 1 aliphatic heterocycles. The monoisotopic (exact) mass is 270 g/mol. The molecule has 1 fully saturated rings. The molecule has 2 heterocycles. The average Bonchev–Trinajstić information content (AvgIpc) is 2.45. The molecular weight excluding hydrogens is 252 g/mol. The minimum Gasteiger partial charge on any atom is -0.467 e. The van der Waals surface area contributed by atoms with Gasteiger partial charge in [0.15, 0.2) is 0 Å². The number of aromatic nitrogens is 3. The highest BCUT2D eigenvalue weighted by Crippen LogP contribution is 2.22. The van der Waals surface area contributed by atoms with Crippen molar-refractivity contribution in [3.05, 3.63) is 0 Å². The Morgan fingerprint density at radius 2 is 2.00 bits per heavy atom. The van der Waals surface area contributed by atoms with E-state index in [1.54, 1.807) is 0 Å². The number of thioether (sulfide) groups is 1. The minimum absolute atomic E-state index is 0.250. The van der Waals surface area contributed by atoms with Crippen molar-refractivity contribution in [2.75, 3.05) is 35.9 Å². The van der Waals surface area contributed by atoms with Crippen LogP contribution in [0.2, 0.25) is 0 Å². The van der Waals surface area contributed by atoms with Crippen molar-refractivity contribution < 1.29 is 4.74 Å². The maximum atomic E-state index is 5.29. The van der Waals surface area contributed by atoms with Gasteiger partial charge in [0, 0.05) is 6.54 Å². The quantitative estimate of drug-likeness (QED) is 0.532. The van der Waals surface area contributed by atoms with Crippen LogP contribution in [0.25, 0.3) is 0 Å². The van der Waals surface area contributed by atoms with E-state index >= 15 is 0 Å². The Hall–Kier alpha value is -1.28. The maximum absolute atomic E-state index is 5.29. The van der Waals surface area contributed by atoms with Crippen LogP contribution in [-0.2, 0) is 0 Å². The third kappa shape index (κ3) is 3.61. The highest BCUT2D eigenvalue weighted by molar-refractivity contribution is 7.99. The van der Waals surface area contributed by atoms with E-state index in [9.17, 15) is 0 Å². The van der Waals surface area contributed by atoms with E-state index in [1.807, 2.05) is 11.8 Å². The first kappa shape index (κ1) is 13.2. The lowest BCUT2D eigenvalue weighted by atomic mass is 10.0. The normalized spacial score (nSPS) is 16.3. The Kier molecular flexibility index (Phi) is 4.82. The van der Waals surface area contributed by atoms with E-state index in [0.29, 0.717) is 17.8 Å². The fraction of sp³-hybridized carbons (Fsp3) is 0.700. The van der Waals surface area contributed by atoms with Gasteiger partial charge in [0.2, 0.25) is 11.9 Å². The summed E-state index contributed by atoms with van der Waals surface area (Å²) in [5.74, 6) is 9.24. The molecule has 1 aromatic rings. The summed E-state index contributed by atoms with van der Waals surface area (Å²) in [5.41, 5.74) is 2.39. The number of nitrogens with two attached hydrogens (primary N) is 1. The smallest absolute Gasteiger partial charge is 0.322 e. The van der Waals surface area contributed by atoms with Crippen LogP contribution in [0.15, 0.2) is 0 Å². The Morgan fingerprint density at radius 1 is 1.28 bits per heavy atom. The molecule has 0 aromatic carbocycles. The Balaban J connectivity index is 1.94. The highest BCUT2D eigenvalue weighted by atomic mass is 32.2.